The second-order valence-corrected chi connectivity index (χ2v) is 5.36. The summed E-state index contributed by atoms with van der Waals surface area (Å²) in [5, 5.41) is 7.89. The van der Waals surface area contributed by atoms with Gasteiger partial charge >= 0.3 is 0 Å². The number of nitrogens with one attached hydrogen (secondary N) is 1. The van der Waals surface area contributed by atoms with Gasteiger partial charge in [0.1, 0.15) is 5.50 Å². The van der Waals surface area contributed by atoms with Crippen molar-refractivity contribution in [3.05, 3.63) is 66.2 Å². The molecule has 0 bridgehead atoms. The summed E-state index contributed by atoms with van der Waals surface area (Å²) in [7, 11) is 0. The first kappa shape index (κ1) is 13.5. The molecular formula is C16H19N3S. The van der Waals surface area contributed by atoms with Crippen LogP contribution in [0.3, 0.4) is 0 Å². The average Bonchev–Trinajstić information content (AvgIpc) is 2.88. The van der Waals surface area contributed by atoms with Gasteiger partial charge in [-0.05, 0) is 24.1 Å². The zero-order valence-electron chi connectivity index (χ0n) is 11.3. The molecule has 1 unspecified atom stereocenters. The fraction of sp³-hybridized carbons (Fsp3) is 0.250. The first-order chi connectivity index (χ1) is 9.84. The number of benzene rings is 2. The zero-order valence-corrected chi connectivity index (χ0v) is 12.2. The molecule has 2 aromatic carbocycles. The maximum Gasteiger partial charge on any atom is 0.124 e. The molecule has 4 heteroatoms. The maximum absolute atomic E-state index is 4.62. The number of hydrazine groups is 1. The van der Waals surface area contributed by atoms with Crippen LogP contribution in [-0.2, 0) is 6.42 Å². The van der Waals surface area contributed by atoms with Gasteiger partial charge in [0.05, 0.1) is 12.4 Å². The van der Waals surface area contributed by atoms with Crippen LogP contribution in [0.2, 0.25) is 0 Å². The third-order valence-corrected chi connectivity index (χ3v) is 3.99. The number of hydrogen-bond donors (Lipinski definition) is 2. The van der Waals surface area contributed by atoms with Crippen LogP contribution < -0.4 is 10.3 Å². The van der Waals surface area contributed by atoms with Gasteiger partial charge in [0.2, 0.25) is 0 Å². The van der Waals surface area contributed by atoms with Gasteiger partial charge in [-0.1, -0.05) is 48.5 Å². The van der Waals surface area contributed by atoms with Crippen LogP contribution in [-0.4, -0.2) is 23.7 Å². The van der Waals surface area contributed by atoms with E-state index in [1.165, 1.54) is 11.3 Å². The van der Waals surface area contributed by atoms with Gasteiger partial charge in [-0.25, -0.2) is 0 Å². The SMILES string of the molecule is SC1NCN(c2ccccc2)N1CCc1ccccc1. The molecule has 0 amide bonds. The van der Waals surface area contributed by atoms with Gasteiger partial charge in [-0.15, -0.1) is 12.6 Å². The summed E-state index contributed by atoms with van der Waals surface area (Å²) in [5.74, 6) is 0. The number of rotatable bonds is 4. The van der Waals surface area contributed by atoms with Crippen LogP contribution in [0.4, 0.5) is 5.69 Å². The topological polar surface area (TPSA) is 18.5 Å². The van der Waals surface area contributed by atoms with Crippen LogP contribution >= 0.6 is 12.6 Å². The summed E-state index contributed by atoms with van der Waals surface area (Å²) in [6, 6.07) is 21.0. The molecule has 1 aliphatic heterocycles. The van der Waals surface area contributed by atoms with Gasteiger partial charge in [-0.3, -0.25) is 10.3 Å². The van der Waals surface area contributed by atoms with E-state index in [9.17, 15) is 0 Å². The van der Waals surface area contributed by atoms with Gasteiger partial charge in [0, 0.05) is 6.54 Å². The predicted octanol–water partition coefficient (Wildman–Crippen LogP) is 2.73. The highest BCUT2D eigenvalue weighted by Crippen LogP contribution is 2.22. The first-order valence-corrected chi connectivity index (χ1v) is 7.41. The third kappa shape index (κ3) is 2.98. The monoisotopic (exact) mass is 285 g/mol. The summed E-state index contributed by atoms with van der Waals surface area (Å²) < 4.78 is 0. The number of thiol groups is 1. The molecule has 3 rings (SSSR count). The van der Waals surface area contributed by atoms with Crippen molar-refractivity contribution in [3.8, 4) is 0 Å². The second-order valence-electron chi connectivity index (χ2n) is 4.87. The van der Waals surface area contributed by atoms with Gasteiger partial charge in [0.15, 0.2) is 0 Å². The fourth-order valence-electron chi connectivity index (χ4n) is 2.47. The molecule has 1 heterocycles. The van der Waals surface area contributed by atoms with E-state index < -0.39 is 0 Å². The van der Waals surface area contributed by atoms with Crippen molar-refractivity contribution in [2.75, 3.05) is 18.2 Å². The zero-order chi connectivity index (χ0) is 13.8. The largest absolute Gasteiger partial charge is 0.289 e. The molecule has 1 atom stereocenters. The molecule has 0 aliphatic carbocycles. The molecule has 1 saturated heterocycles. The number of nitrogens with zero attached hydrogens (tertiary/aromatic N) is 2. The van der Waals surface area contributed by atoms with E-state index in [2.05, 4.69) is 82.6 Å². The molecular weight excluding hydrogens is 266 g/mol. The minimum absolute atomic E-state index is 0.0684. The summed E-state index contributed by atoms with van der Waals surface area (Å²) in [4.78, 5) is 0. The Labute approximate surface area is 125 Å². The van der Waals surface area contributed by atoms with Crippen molar-refractivity contribution < 1.29 is 0 Å². The van der Waals surface area contributed by atoms with E-state index in [4.69, 9.17) is 0 Å². The second kappa shape index (κ2) is 6.31. The van der Waals surface area contributed by atoms with Crippen molar-refractivity contribution in [2.24, 2.45) is 0 Å². The molecule has 0 saturated carbocycles. The Hall–Kier alpha value is -1.49. The predicted molar refractivity (Wildman–Crippen MR) is 86.5 cm³/mol. The van der Waals surface area contributed by atoms with Crippen LogP contribution in [0.1, 0.15) is 5.56 Å². The third-order valence-electron chi connectivity index (χ3n) is 3.54. The van der Waals surface area contributed by atoms with Crippen LogP contribution in [0, 0.1) is 0 Å². The summed E-state index contributed by atoms with van der Waals surface area (Å²) in [6.07, 6.45) is 1.02. The molecule has 1 aliphatic rings. The van der Waals surface area contributed by atoms with Gasteiger partial charge in [-0.2, -0.15) is 5.01 Å². The fourth-order valence-corrected chi connectivity index (χ4v) is 2.79. The number of hydrogen-bond acceptors (Lipinski definition) is 4. The summed E-state index contributed by atoms with van der Waals surface area (Å²) >= 11 is 4.62. The molecule has 2 aromatic rings. The first-order valence-electron chi connectivity index (χ1n) is 6.89. The van der Waals surface area contributed by atoms with E-state index in [1.807, 2.05) is 6.07 Å². The summed E-state index contributed by atoms with van der Waals surface area (Å²) in [6.45, 7) is 1.74. The number of anilines is 1. The molecule has 0 spiro atoms. The molecule has 104 valence electrons. The lowest BCUT2D eigenvalue weighted by atomic mass is 10.1. The lowest BCUT2D eigenvalue weighted by Crippen LogP contribution is -2.41. The highest BCUT2D eigenvalue weighted by molar-refractivity contribution is 7.80. The average molecular weight is 285 g/mol. The quantitative estimate of drug-likeness (QED) is 0.842. The van der Waals surface area contributed by atoms with Gasteiger partial charge in [0.25, 0.3) is 0 Å². The Morgan fingerprint density at radius 2 is 1.65 bits per heavy atom. The van der Waals surface area contributed by atoms with Crippen molar-refractivity contribution in [2.45, 2.75) is 11.9 Å². The molecule has 3 nitrogen and oxygen atoms in total. The van der Waals surface area contributed by atoms with Crippen LogP contribution in [0.5, 0.6) is 0 Å². The van der Waals surface area contributed by atoms with Crippen LogP contribution in [0.25, 0.3) is 0 Å². The lowest BCUT2D eigenvalue weighted by molar-refractivity contribution is 0.290. The van der Waals surface area contributed by atoms with Crippen molar-refractivity contribution >= 4 is 18.3 Å². The van der Waals surface area contributed by atoms with E-state index in [1.54, 1.807) is 0 Å². The van der Waals surface area contributed by atoms with E-state index in [0.29, 0.717) is 0 Å². The minimum atomic E-state index is 0.0684. The molecule has 1 N–H and O–H groups in total. The number of para-hydroxylation sites is 1. The minimum Gasteiger partial charge on any atom is -0.289 e. The van der Waals surface area contributed by atoms with Crippen LogP contribution in [0.15, 0.2) is 60.7 Å². The smallest absolute Gasteiger partial charge is 0.124 e. The van der Waals surface area contributed by atoms with E-state index in [0.717, 1.165) is 19.6 Å². The molecule has 0 aromatic heterocycles. The van der Waals surface area contributed by atoms with E-state index in [-0.39, 0.29) is 5.50 Å². The standard InChI is InChI=1S/C16H19N3S/c20-16-17-13-19(15-9-5-2-6-10-15)18(16)12-11-14-7-3-1-4-8-14/h1-10,16-17,20H,11-13H2. The Morgan fingerprint density at radius 1 is 1.00 bits per heavy atom. The Bertz CT molecular complexity index is 532. The van der Waals surface area contributed by atoms with Crippen molar-refractivity contribution in [1.29, 1.82) is 0 Å². The molecule has 1 fully saturated rings. The van der Waals surface area contributed by atoms with Gasteiger partial charge < -0.3 is 0 Å². The van der Waals surface area contributed by atoms with Crippen molar-refractivity contribution in [1.82, 2.24) is 10.3 Å². The summed E-state index contributed by atoms with van der Waals surface area (Å²) in [5.41, 5.74) is 2.62. The van der Waals surface area contributed by atoms with E-state index >= 15 is 0 Å². The molecule has 20 heavy (non-hydrogen) atoms. The lowest BCUT2D eigenvalue weighted by Gasteiger charge is -2.30. The maximum atomic E-state index is 4.62. The Balaban J connectivity index is 1.70. The molecule has 0 radical (unpaired) electrons. The Kier molecular flexibility index (Phi) is 4.25. The highest BCUT2D eigenvalue weighted by atomic mass is 32.1. The normalized spacial score (nSPS) is 19.4. The highest BCUT2D eigenvalue weighted by Gasteiger charge is 2.28. The Morgan fingerprint density at radius 3 is 2.35 bits per heavy atom. The van der Waals surface area contributed by atoms with Crippen molar-refractivity contribution in [3.63, 3.8) is 0 Å².